The zero-order chi connectivity index (χ0) is 20.5. The standard InChI is InChI=1S/C23H38N2O3/c1-2-3-4-5-6-7-8-9-10-11-12-13-14-15-19-24-22(26)20-17-16-18-21(25-20)23(27)28/h16-18H,2-15,19H2,1H3,(H,24,26)(H,27,28). The fraction of sp³-hybridized carbons (Fsp3) is 0.696. The Balaban J connectivity index is 1.92. The highest BCUT2D eigenvalue weighted by molar-refractivity contribution is 5.94. The molecule has 5 nitrogen and oxygen atoms in total. The molecule has 1 amide bonds. The van der Waals surface area contributed by atoms with Gasteiger partial charge in [-0.05, 0) is 18.6 Å². The molecule has 0 saturated carbocycles. The van der Waals surface area contributed by atoms with E-state index in [1.54, 1.807) is 0 Å². The van der Waals surface area contributed by atoms with E-state index in [-0.39, 0.29) is 17.3 Å². The summed E-state index contributed by atoms with van der Waals surface area (Å²) >= 11 is 0. The molecule has 28 heavy (non-hydrogen) atoms. The SMILES string of the molecule is CCCCCCCCCCCCCCCCNC(=O)c1cccc(C(=O)O)n1. The molecule has 0 unspecified atom stereocenters. The molecule has 0 saturated heterocycles. The number of pyridine rings is 1. The lowest BCUT2D eigenvalue weighted by molar-refractivity contribution is 0.0690. The van der Waals surface area contributed by atoms with Gasteiger partial charge in [-0.15, -0.1) is 0 Å². The Morgan fingerprint density at radius 3 is 1.75 bits per heavy atom. The van der Waals surface area contributed by atoms with E-state index in [1.165, 1.54) is 95.2 Å². The molecule has 0 atom stereocenters. The van der Waals surface area contributed by atoms with Gasteiger partial charge in [0, 0.05) is 6.54 Å². The van der Waals surface area contributed by atoms with Crippen LogP contribution in [0.1, 0.15) is 118 Å². The molecule has 0 aromatic carbocycles. The number of hydrogen-bond donors (Lipinski definition) is 2. The van der Waals surface area contributed by atoms with Gasteiger partial charge in [-0.3, -0.25) is 4.79 Å². The second kappa shape index (κ2) is 16.1. The molecule has 158 valence electrons. The van der Waals surface area contributed by atoms with Crippen molar-refractivity contribution in [1.29, 1.82) is 0 Å². The number of amides is 1. The zero-order valence-electron chi connectivity index (χ0n) is 17.5. The number of carbonyl (C=O) groups excluding carboxylic acids is 1. The Hall–Kier alpha value is -1.91. The van der Waals surface area contributed by atoms with E-state index in [0.29, 0.717) is 6.54 Å². The molecule has 5 heteroatoms. The number of carboxylic acids is 1. The third kappa shape index (κ3) is 11.7. The van der Waals surface area contributed by atoms with E-state index in [2.05, 4.69) is 17.2 Å². The predicted molar refractivity (Wildman–Crippen MR) is 114 cm³/mol. The number of aromatic carboxylic acids is 1. The number of nitrogens with zero attached hydrogens (tertiary/aromatic N) is 1. The van der Waals surface area contributed by atoms with Gasteiger partial charge in [0.05, 0.1) is 0 Å². The van der Waals surface area contributed by atoms with Gasteiger partial charge in [-0.1, -0.05) is 96.5 Å². The van der Waals surface area contributed by atoms with Crippen LogP contribution < -0.4 is 5.32 Å². The molecule has 1 heterocycles. The minimum absolute atomic E-state index is 0.107. The Kier molecular flexibility index (Phi) is 13.9. The van der Waals surface area contributed by atoms with E-state index in [0.717, 1.165) is 12.8 Å². The first-order chi connectivity index (χ1) is 13.6. The Labute approximate surface area is 170 Å². The third-order valence-corrected chi connectivity index (χ3v) is 5.02. The molecule has 0 fully saturated rings. The van der Waals surface area contributed by atoms with Crippen molar-refractivity contribution in [3.8, 4) is 0 Å². The maximum Gasteiger partial charge on any atom is 0.354 e. The van der Waals surface area contributed by atoms with Crippen LogP contribution in [0.25, 0.3) is 0 Å². The summed E-state index contributed by atoms with van der Waals surface area (Å²) < 4.78 is 0. The monoisotopic (exact) mass is 390 g/mol. The van der Waals surface area contributed by atoms with Gasteiger partial charge in [-0.2, -0.15) is 0 Å². The fourth-order valence-corrected chi connectivity index (χ4v) is 3.29. The number of aromatic nitrogens is 1. The zero-order valence-corrected chi connectivity index (χ0v) is 17.5. The summed E-state index contributed by atoms with van der Waals surface area (Å²) in [5.74, 6) is -1.43. The third-order valence-electron chi connectivity index (χ3n) is 5.02. The fourth-order valence-electron chi connectivity index (χ4n) is 3.29. The van der Waals surface area contributed by atoms with Crippen molar-refractivity contribution in [2.45, 2.75) is 96.8 Å². The summed E-state index contributed by atoms with van der Waals surface area (Å²) in [4.78, 5) is 26.7. The van der Waals surface area contributed by atoms with E-state index < -0.39 is 5.97 Å². The molecule has 0 aliphatic rings. The summed E-state index contributed by atoms with van der Waals surface area (Å²) in [7, 11) is 0. The minimum atomic E-state index is -1.12. The second-order valence-corrected chi connectivity index (χ2v) is 7.57. The Morgan fingerprint density at radius 1 is 0.786 bits per heavy atom. The summed E-state index contributed by atoms with van der Waals surface area (Å²) in [6.07, 6.45) is 18.3. The average molecular weight is 391 g/mol. The molecule has 0 bridgehead atoms. The van der Waals surface area contributed by atoms with E-state index in [1.807, 2.05) is 0 Å². The smallest absolute Gasteiger partial charge is 0.354 e. The first-order valence-corrected chi connectivity index (χ1v) is 11.1. The lowest BCUT2D eigenvalue weighted by Crippen LogP contribution is -2.25. The van der Waals surface area contributed by atoms with E-state index in [9.17, 15) is 9.59 Å². The van der Waals surface area contributed by atoms with Crippen LogP contribution in [0.3, 0.4) is 0 Å². The van der Waals surface area contributed by atoms with Crippen LogP contribution in [0, 0.1) is 0 Å². The second-order valence-electron chi connectivity index (χ2n) is 7.57. The number of hydrogen-bond acceptors (Lipinski definition) is 3. The van der Waals surface area contributed by atoms with Gasteiger partial charge in [0.2, 0.25) is 0 Å². The number of carboxylic acid groups (broad SMARTS) is 1. The number of rotatable bonds is 17. The van der Waals surface area contributed by atoms with E-state index in [4.69, 9.17) is 5.11 Å². The minimum Gasteiger partial charge on any atom is -0.477 e. The van der Waals surface area contributed by atoms with Crippen molar-refractivity contribution < 1.29 is 14.7 Å². The topological polar surface area (TPSA) is 79.3 Å². The molecular weight excluding hydrogens is 352 g/mol. The highest BCUT2D eigenvalue weighted by Gasteiger charge is 2.10. The van der Waals surface area contributed by atoms with Gasteiger partial charge >= 0.3 is 5.97 Å². The maximum atomic E-state index is 12.0. The molecule has 0 aliphatic carbocycles. The molecule has 0 spiro atoms. The first-order valence-electron chi connectivity index (χ1n) is 11.1. The lowest BCUT2D eigenvalue weighted by Gasteiger charge is -2.06. The summed E-state index contributed by atoms with van der Waals surface area (Å²) in [6.45, 7) is 2.87. The van der Waals surface area contributed by atoms with Crippen LogP contribution in [-0.2, 0) is 0 Å². The van der Waals surface area contributed by atoms with Crippen LogP contribution in [0.15, 0.2) is 18.2 Å². The largest absolute Gasteiger partial charge is 0.477 e. The van der Waals surface area contributed by atoms with Crippen LogP contribution in [0.5, 0.6) is 0 Å². The van der Waals surface area contributed by atoms with Crippen LogP contribution in [0.2, 0.25) is 0 Å². The van der Waals surface area contributed by atoms with Crippen LogP contribution >= 0.6 is 0 Å². The average Bonchev–Trinajstić information content (AvgIpc) is 2.70. The number of nitrogens with one attached hydrogen (secondary N) is 1. The quantitative estimate of drug-likeness (QED) is 0.320. The van der Waals surface area contributed by atoms with Crippen molar-refractivity contribution in [2.24, 2.45) is 0 Å². The number of unbranched alkanes of at least 4 members (excludes halogenated alkanes) is 13. The van der Waals surface area contributed by atoms with Crippen LogP contribution in [0.4, 0.5) is 0 Å². The van der Waals surface area contributed by atoms with Crippen molar-refractivity contribution in [2.75, 3.05) is 6.54 Å². The van der Waals surface area contributed by atoms with Crippen molar-refractivity contribution in [3.63, 3.8) is 0 Å². The first kappa shape index (κ1) is 24.1. The highest BCUT2D eigenvalue weighted by atomic mass is 16.4. The summed E-state index contributed by atoms with van der Waals surface area (Å²) in [6, 6.07) is 4.46. The van der Waals surface area contributed by atoms with Gasteiger partial charge in [0.1, 0.15) is 11.4 Å². The van der Waals surface area contributed by atoms with Gasteiger partial charge < -0.3 is 10.4 Å². The summed E-state index contributed by atoms with van der Waals surface area (Å²) in [5.41, 5.74) is 0.0504. The molecule has 2 N–H and O–H groups in total. The van der Waals surface area contributed by atoms with Gasteiger partial charge in [-0.25, -0.2) is 9.78 Å². The maximum absolute atomic E-state index is 12.0. The molecule has 1 rings (SSSR count). The van der Waals surface area contributed by atoms with Gasteiger partial charge in [0.15, 0.2) is 0 Å². The van der Waals surface area contributed by atoms with Crippen molar-refractivity contribution >= 4 is 11.9 Å². The molecule has 0 aliphatic heterocycles. The lowest BCUT2D eigenvalue weighted by atomic mass is 10.0. The molecule has 1 aromatic rings. The number of carbonyl (C=O) groups is 2. The van der Waals surface area contributed by atoms with Crippen molar-refractivity contribution in [1.82, 2.24) is 10.3 Å². The highest BCUT2D eigenvalue weighted by Crippen LogP contribution is 2.12. The normalized spacial score (nSPS) is 10.8. The Bertz CT molecular complexity index is 561. The van der Waals surface area contributed by atoms with Crippen molar-refractivity contribution in [3.05, 3.63) is 29.6 Å². The Morgan fingerprint density at radius 2 is 1.25 bits per heavy atom. The predicted octanol–water partition coefficient (Wildman–Crippen LogP) is 5.99. The van der Waals surface area contributed by atoms with E-state index >= 15 is 0 Å². The molecular formula is C23H38N2O3. The molecule has 1 aromatic heterocycles. The van der Waals surface area contributed by atoms with Gasteiger partial charge in [0.25, 0.3) is 5.91 Å². The van der Waals surface area contributed by atoms with Crippen LogP contribution in [-0.4, -0.2) is 28.5 Å². The summed E-state index contributed by atoms with van der Waals surface area (Å²) in [5, 5.41) is 11.7. The molecule has 0 radical (unpaired) electrons.